The van der Waals surface area contributed by atoms with Crippen LogP contribution in [0.4, 0.5) is 11.4 Å². The molecule has 2 amide bonds. The third-order valence-electron chi connectivity index (χ3n) is 5.49. The summed E-state index contributed by atoms with van der Waals surface area (Å²) in [6.45, 7) is 3.97. The average Bonchev–Trinajstić information content (AvgIpc) is 2.85. The molecule has 0 spiro atoms. The molecular formula is C27H26BrN3O3. The number of likely N-dealkylation sites (N-methyl/N-ethyl adjacent to an activating group) is 1. The molecule has 0 aliphatic carbocycles. The van der Waals surface area contributed by atoms with Crippen LogP contribution in [0.2, 0.25) is 0 Å². The number of carbonyl (C=O) groups excluding carboxylic acids is 2. The number of amides is 2. The first-order valence-corrected chi connectivity index (χ1v) is 12.0. The molecule has 4 rings (SSSR count). The summed E-state index contributed by atoms with van der Waals surface area (Å²) in [6.07, 6.45) is 1.69. The summed E-state index contributed by atoms with van der Waals surface area (Å²) in [5.41, 5.74) is 2.51. The zero-order valence-corrected chi connectivity index (χ0v) is 20.5. The van der Waals surface area contributed by atoms with Crippen molar-refractivity contribution < 1.29 is 14.3 Å². The van der Waals surface area contributed by atoms with Gasteiger partial charge in [-0.3, -0.25) is 14.5 Å². The normalized spacial score (nSPS) is 13.9. The maximum Gasteiger partial charge on any atom is 0.294 e. The Morgan fingerprint density at radius 1 is 1.06 bits per heavy atom. The highest BCUT2D eigenvalue weighted by molar-refractivity contribution is 9.10. The van der Waals surface area contributed by atoms with Crippen molar-refractivity contribution in [3.63, 3.8) is 0 Å². The topological polar surface area (TPSA) is 61.9 Å². The molecule has 0 fully saturated rings. The number of halogens is 1. The number of benzene rings is 3. The van der Waals surface area contributed by atoms with Crippen LogP contribution in [0.5, 0.6) is 5.75 Å². The van der Waals surface area contributed by atoms with E-state index in [2.05, 4.69) is 33.1 Å². The molecule has 1 N–H and O–H groups in total. The Bertz CT molecular complexity index is 1200. The van der Waals surface area contributed by atoms with Gasteiger partial charge in [-0.15, -0.1) is 0 Å². The summed E-state index contributed by atoms with van der Waals surface area (Å²) in [5.74, 6) is 0.132. The van der Waals surface area contributed by atoms with Crippen molar-refractivity contribution >= 4 is 45.2 Å². The number of rotatable bonds is 8. The molecule has 0 atom stereocenters. The summed E-state index contributed by atoms with van der Waals surface area (Å²) < 4.78 is 6.79. The number of hydrogen-bond donors (Lipinski definition) is 1. The molecule has 0 radical (unpaired) electrons. The number of para-hydroxylation sites is 3. The van der Waals surface area contributed by atoms with Gasteiger partial charge in [-0.05, 0) is 55.0 Å². The Labute approximate surface area is 208 Å². The minimum absolute atomic E-state index is 0.0908. The minimum atomic E-state index is -0.353. The van der Waals surface area contributed by atoms with Gasteiger partial charge in [0.1, 0.15) is 6.54 Å². The predicted octanol–water partition coefficient (Wildman–Crippen LogP) is 4.86. The zero-order chi connectivity index (χ0) is 23.9. The third kappa shape index (κ3) is 5.66. The number of nitrogens with one attached hydrogen (secondary N) is 1. The molecule has 3 aromatic carbocycles. The summed E-state index contributed by atoms with van der Waals surface area (Å²) >= 11 is 3.44. The van der Waals surface area contributed by atoms with Crippen LogP contribution in [0.15, 0.2) is 89.1 Å². The van der Waals surface area contributed by atoms with Gasteiger partial charge in [-0.25, -0.2) is 0 Å². The molecule has 0 saturated heterocycles. The summed E-state index contributed by atoms with van der Waals surface area (Å²) in [6, 6.07) is 24.9. The molecule has 0 unspecified atom stereocenters. The predicted molar refractivity (Wildman–Crippen MR) is 139 cm³/mol. The SMILES string of the molecule is CCN(CCNC(=O)CN1C(=O)C(=Cc2cccc(Br)c2)Oc2ccccc21)c1ccccc1. The summed E-state index contributed by atoms with van der Waals surface area (Å²) in [5, 5.41) is 2.95. The van der Waals surface area contributed by atoms with Crippen LogP contribution in [0.1, 0.15) is 12.5 Å². The number of anilines is 2. The van der Waals surface area contributed by atoms with Crippen LogP contribution >= 0.6 is 15.9 Å². The van der Waals surface area contributed by atoms with Crippen molar-refractivity contribution in [2.45, 2.75) is 6.92 Å². The lowest BCUT2D eigenvalue weighted by Crippen LogP contribution is -2.45. The van der Waals surface area contributed by atoms with Crippen molar-refractivity contribution in [1.82, 2.24) is 5.32 Å². The zero-order valence-electron chi connectivity index (χ0n) is 18.9. The number of fused-ring (bicyclic) bond motifs is 1. The van der Waals surface area contributed by atoms with Gasteiger partial charge in [0.15, 0.2) is 11.5 Å². The van der Waals surface area contributed by atoms with Crippen LogP contribution < -0.4 is 19.9 Å². The van der Waals surface area contributed by atoms with Crippen LogP contribution in [-0.4, -0.2) is 38.0 Å². The van der Waals surface area contributed by atoms with E-state index in [0.29, 0.717) is 24.5 Å². The molecule has 1 aliphatic heterocycles. The highest BCUT2D eigenvalue weighted by Gasteiger charge is 2.31. The Hall–Kier alpha value is -3.58. The number of nitrogens with zero attached hydrogens (tertiary/aromatic N) is 2. The molecule has 1 aliphatic rings. The van der Waals surface area contributed by atoms with Gasteiger partial charge in [-0.1, -0.05) is 58.4 Å². The Balaban J connectivity index is 1.45. The van der Waals surface area contributed by atoms with E-state index in [1.807, 2.05) is 66.7 Å². The highest BCUT2D eigenvalue weighted by Crippen LogP contribution is 2.35. The lowest BCUT2D eigenvalue weighted by atomic mass is 10.1. The Kier molecular flexibility index (Phi) is 7.65. The molecule has 0 saturated carbocycles. The quantitative estimate of drug-likeness (QED) is 0.431. The van der Waals surface area contributed by atoms with E-state index in [9.17, 15) is 9.59 Å². The molecule has 7 heteroatoms. The lowest BCUT2D eigenvalue weighted by molar-refractivity contribution is -0.123. The monoisotopic (exact) mass is 519 g/mol. The first-order valence-electron chi connectivity index (χ1n) is 11.2. The number of hydrogen-bond acceptors (Lipinski definition) is 4. The molecule has 1 heterocycles. The van der Waals surface area contributed by atoms with Crippen LogP contribution in [0.3, 0.4) is 0 Å². The van der Waals surface area contributed by atoms with Gasteiger partial charge in [0.25, 0.3) is 5.91 Å². The first-order chi connectivity index (χ1) is 16.5. The molecule has 34 heavy (non-hydrogen) atoms. The Morgan fingerprint density at radius 3 is 2.59 bits per heavy atom. The van der Waals surface area contributed by atoms with E-state index in [4.69, 9.17) is 4.74 Å². The van der Waals surface area contributed by atoms with Gasteiger partial charge < -0.3 is 15.0 Å². The van der Waals surface area contributed by atoms with Gasteiger partial charge in [0.05, 0.1) is 5.69 Å². The second-order valence-corrected chi connectivity index (χ2v) is 8.71. The van der Waals surface area contributed by atoms with Crippen molar-refractivity contribution in [3.05, 3.63) is 94.7 Å². The van der Waals surface area contributed by atoms with Crippen molar-refractivity contribution in [1.29, 1.82) is 0 Å². The maximum absolute atomic E-state index is 13.3. The third-order valence-corrected chi connectivity index (χ3v) is 5.98. The van der Waals surface area contributed by atoms with Gasteiger partial charge >= 0.3 is 0 Å². The standard InChI is InChI=1S/C27H26BrN3O3/c1-2-30(22-11-4-3-5-12-22)16-15-29-26(32)19-31-23-13-6-7-14-24(23)34-25(27(31)33)18-20-9-8-10-21(28)17-20/h3-14,17-18H,2,15-16,19H2,1H3,(H,29,32). The van der Waals surface area contributed by atoms with Crippen molar-refractivity contribution in [2.24, 2.45) is 0 Å². The summed E-state index contributed by atoms with van der Waals surface area (Å²) in [7, 11) is 0. The van der Waals surface area contributed by atoms with Crippen molar-refractivity contribution in [2.75, 3.05) is 36.0 Å². The molecule has 0 aromatic heterocycles. The van der Waals surface area contributed by atoms with E-state index >= 15 is 0 Å². The lowest BCUT2D eigenvalue weighted by Gasteiger charge is -2.30. The fraction of sp³-hybridized carbons (Fsp3) is 0.185. The van der Waals surface area contributed by atoms with E-state index < -0.39 is 0 Å². The first kappa shape index (κ1) is 23.6. The molecule has 0 bridgehead atoms. The number of carbonyl (C=O) groups is 2. The fourth-order valence-corrected chi connectivity index (χ4v) is 4.22. The fourth-order valence-electron chi connectivity index (χ4n) is 3.81. The average molecular weight is 520 g/mol. The van der Waals surface area contributed by atoms with E-state index in [1.54, 1.807) is 18.2 Å². The van der Waals surface area contributed by atoms with E-state index in [0.717, 1.165) is 22.3 Å². The van der Waals surface area contributed by atoms with Crippen LogP contribution in [0, 0.1) is 0 Å². The van der Waals surface area contributed by atoms with E-state index in [-0.39, 0.29) is 24.1 Å². The van der Waals surface area contributed by atoms with Gasteiger partial charge in [0.2, 0.25) is 5.91 Å². The molecular weight excluding hydrogens is 494 g/mol. The van der Waals surface area contributed by atoms with Crippen molar-refractivity contribution in [3.8, 4) is 5.75 Å². The largest absolute Gasteiger partial charge is 0.449 e. The second-order valence-electron chi connectivity index (χ2n) is 7.79. The molecule has 3 aromatic rings. The van der Waals surface area contributed by atoms with Crippen LogP contribution in [-0.2, 0) is 9.59 Å². The molecule has 6 nitrogen and oxygen atoms in total. The maximum atomic E-state index is 13.3. The van der Waals surface area contributed by atoms with Gasteiger partial charge in [-0.2, -0.15) is 0 Å². The van der Waals surface area contributed by atoms with E-state index in [1.165, 1.54) is 4.90 Å². The number of ether oxygens (including phenoxy) is 1. The Morgan fingerprint density at radius 2 is 1.82 bits per heavy atom. The summed E-state index contributed by atoms with van der Waals surface area (Å²) in [4.78, 5) is 29.7. The van der Waals surface area contributed by atoms with Crippen LogP contribution in [0.25, 0.3) is 6.08 Å². The molecule has 174 valence electrons. The van der Waals surface area contributed by atoms with Gasteiger partial charge in [0, 0.05) is 29.8 Å². The smallest absolute Gasteiger partial charge is 0.294 e. The second kappa shape index (κ2) is 11.0. The minimum Gasteiger partial charge on any atom is -0.449 e. The highest BCUT2D eigenvalue weighted by atomic mass is 79.9.